The molecule has 4 nitrogen and oxygen atoms in total. The average Bonchev–Trinajstić information content (AvgIpc) is 2.41. The first-order valence-electron chi connectivity index (χ1n) is 6.65. The molecule has 0 saturated carbocycles. The predicted octanol–water partition coefficient (Wildman–Crippen LogP) is 2.56. The van der Waals surface area contributed by atoms with Crippen molar-refractivity contribution in [3.63, 3.8) is 0 Å². The molecule has 4 heteroatoms. The Balaban J connectivity index is 2.35. The zero-order chi connectivity index (χ0) is 13.2. The van der Waals surface area contributed by atoms with Gasteiger partial charge in [0.05, 0.1) is 18.5 Å². The van der Waals surface area contributed by atoms with Crippen LogP contribution in [0.4, 0.5) is 0 Å². The molecule has 0 radical (unpaired) electrons. The van der Waals surface area contributed by atoms with Crippen molar-refractivity contribution in [1.29, 1.82) is 0 Å². The molecule has 0 bridgehead atoms. The minimum atomic E-state index is 0.312. The molecule has 1 atom stereocenters. The molecule has 1 N–H and O–H groups in total. The van der Waals surface area contributed by atoms with Crippen LogP contribution in [0.2, 0.25) is 0 Å². The van der Waals surface area contributed by atoms with Gasteiger partial charge < -0.3 is 14.8 Å². The maximum absolute atomic E-state index is 5.55. The molecular formula is C14H24N2O2. The average molecular weight is 252 g/mol. The Bertz CT molecular complexity index is 310. The molecule has 0 amide bonds. The van der Waals surface area contributed by atoms with Crippen LogP contribution < -0.4 is 10.1 Å². The number of hydrogen-bond acceptors (Lipinski definition) is 4. The lowest BCUT2D eigenvalue weighted by Gasteiger charge is -2.13. The Morgan fingerprint density at radius 2 is 2.06 bits per heavy atom. The fraction of sp³-hybridized carbons (Fsp3) is 0.643. The van der Waals surface area contributed by atoms with E-state index in [4.69, 9.17) is 9.47 Å². The van der Waals surface area contributed by atoms with E-state index in [1.165, 1.54) is 0 Å². The number of nitrogens with one attached hydrogen (secondary N) is 1. The summed E-state index contributed by atoms with van der Waals surface area (Å²) in [5.41, 5.74) is 1.05. The van der Waals surface area contributed by atoms with Gasteiger partial charge in [0.2, 0.25) is 0 Å². The second kappa shape index (κ2) is 8.89. The van der Waals surface area contributed by atoms with Crippen LogP contribution in [0.1, 0.15) is 38.4 Å². The van der Waals surface area contributed by atoms with Crippen molar-refractivity contribution in [3.8, 4) is 5.75 Å². The molecule has 1 heterocycles. The topological polar surface area (TPSA) is 43.4 Å². The highest BCUT2D eigenvalue weighted by atomic mass is 16.5. The highest BCUT2D eigenvalue weighted by Gasteiger charge is 2.07. The summed E-state index contributed by atoms with van der Waals surface area (Å²) in [6, 6.07) is 4.28. The Kier molecular flexibility index (Phi) is 7.37. The third-order valence-electron chi connectivity index (χ3n) is 2.72. The predicted molar refractivity (Wildman–Crippen MR) is 72.9 cm³/mol. The second-order valence-corrected chi connectivity index (χ2v) is 4.13. The molecule has 18 heavy (non-hydrogen) atoms. The van der Waals surface area contributed by atoms with Crippen LogP contribution >= 0.6 is 0 Å². The summed E-state index contributed by atoms with van der Waals surface area (Å²) >= 11 is 0. The van der Waals surface area contributed by atoms with Gasteiger partial charge in [-0.3, -0.25) is 4.98 Å². The lowest BCUT2D eigenvalue weighted by atomic mass is 10.1. The summed E-state index contributed by atoms with van der Waals surface area (Å²) < 4.78 is 10.9. The smallest absolute Gasteiger partial charge is 0.137 e. The van der Waals surface area contributed by atoms with Crippen molar-refractivity contribution < 1.29 is 9.47 Å². The van der Waals surface area contributed by atoms with Crippen LogP contribution in [0.3, 0.4) is 0 Å². The molecule has 1 aromatic rings. The van der Waals surface area contributed by atoms with Gasteiger partial charge in [-0.05, 0) is 32.0 Å². The number of nitrogens with zero attached hydrogens (tertiary/aromatic N) is 1. The normalized spacial score (nSPS) is 12.4. The van der Waals surface area contributed by atoms with Gasteiger partial charge in [0.25, 0.3) is 0 Å². The third kappa shape index (κ3) is 5.02. The zero-order valence-electron chi connectivity index (χ0n) is 11.6. The molecule has 1 rings (SSSR count). The first kappa shape index (κ1) is 14.9. The lowest BCUT2D eigenvalue weighted by molar-refractivity contribution is 0.100. The van der Waals surface area contributed by atoms with Crippen molar-refractivity contribution in [2.75, 3.05) is 26.9 Å². The highest BCUT2D eigenvalue weighted by molar-refractivity contribution is 5.21. The SMILES string of the molecule is CCCOCCOc1ccc(C(CC)NC)nc1. The van der Waals surface area contributed by atoms with Crippen molar-refractivity contribution in [1.82, 2.24) is 10.3 Å². The van der Waals surface area contributed by atoms with E-state index < -0.39 is 0 Å². The minimum Gasteiger partial charge on any atom is -0.490 e. The van der Waals surface area contributed by atoms with E-state index >= 15 is 0 Å². The van der Waals surface area contributed by atoms with Crippen molar-refractivity contribution >= 4 is 0 Å². The van der Waals surface area contributed by atoms with Crippen molar-refractivity contribution in [2.24, 2.45) is 0 Å². The van der Waals surface area contributed by atoms with E-state index in [-0.39, 0.29) is 0 Å². The fourth-order valence-electron chi connectivity index (χ4n) is 1.71. The standard InChI is InChI=1S/C14H24N2O2/c1-4-8-17-9-10-18-12-6-7-14(16-11-12)13(5-2)15-3/h6-7,11,13,15H,4-5,8-10H2,1-3H3. The van der Waals surface area contributed by atoms with Gasteiger partial charge in [-0.1, -0.05) is 13.8 Å². The first-order chi connectivity index (χ1) is 8.81. The van der Waals surface area contributed by atoms with Gasteiger partial charge in [-0.2, -0.15) is 0 Å². The van der Waals surface area contributed by atoms with Crippen LogP contribution in [0.5, 0.6) is 5.75 Å². The summed E-state index contributed by atoms with van der Waals surface area (Å²) in [6.07, 6.45) is 3.84. The summed E-state index contributed by atoms with van der Waals surface area (Å²) in [5.74, 6) is 0.796. The van der Waals surface area contributed by atoms with Gasteiger partial charge in [-0.15, -0.1) is 0 Å². The van der Waals surface area contributed by atoms with E-state index in [0.29, 0.717) is 19.3 Å². The van der Waals surface area contributed by atoms with Crippen molar-refractivity contribution in [3.05, 3.63) is 24.0 Å². The maximum atomic E-state index is 5.55. The molecule has 1 unspecified atom stereocenters. The molecule has 0 aliphatic rings. The molecule has 0 aliphatic carbocycles. The van der Waals surface area contributed by atoms with E-state index in [9.17, 15) is 0 Å². The fourth-order valence-corrected chi connectivity index (χ4v) is 1.71. The van der Waals surface area contributed by atoms with E-state index in [1.54, 1.807) is 6.20 Å². The van der Waals surface area contributed by atoms with E-state index in [0.717, 1.165) is 30.9 Å². The van der Waals surface area contributed by atoms with Gasteiger partial charge in [-0.25, -0.2) is 0 Å². The van der Waals surface area contributed by atoms with Gasteiger partial charge in [0, 0.05) is 12.6 Å². The summed E-state index contributed by atoms with van der Waals surface area (Å²) in [4.78, 5) is 4.41. The van der Waals surface area contributed by atoms with Crippen LogP contribution in [-0.4, -0.2) is 31.9 Å². The van der Waals surface area contributed by atoms with Crippen LogP contribution in [0.15, 0.2) is 18.3 Å². The van der Waals surface area contributed by atoms with Crippen LogP contribution in [0.25, 0.3) is 0 Å². The molecule has 0 fully saturated rings. The van der Waals surface area contributed by atoms with Crippen LogP contribution in [-0.2, 0) is 4.74 Å². The molecule has 102 valence electrons. The van der Waals surface area contributed by atoms with Gasteiger partial charge in [0.1, 0.15) is 12.4 Å². The quantitative estimate of drug-likeness (QED) is 0.686. The second-order valence-electron chi connectivity index (χ2n) is 4.13. The number of pyridine rings is 1. The minimum absolute atomic E-state index is 0.312. The first-order valence-corrected chi connectivity index (χ1v) is 6.65. The molecular weight excluding hydrogens is 228 g/mol. The number of rotatable bonds is 9. The van der Waals surface area contributed by atoms with Crippen molar-refractivity contribution in [2.45, 2.75) is 32.7 Å². The molecule has 1 aromatic heterocycles. The third-order valence-corrected chi connectivity index (χ3v) is 2.72. The largest absolute Gasteiger partial charge is 0.490 e. The highest BCUT2D eigenvalue weighted by Crippen LogP contribution is 2.16. The van der Waals surface area contributed by atoms with E-state index in [2.05, 4.69) is 24.1 Å². The zero-order valence-corrected chi connectivity index (χ0v) is 11.6. The summed E-state index contributed by atoms with van der Waals surface area (Å²) in [5, 5.41) is 3.23. The van der Waals surface area contributed by atoms with E-state index in [1.807, 2.05) is 19.2 Å². The maximum Gasteiger partial charge on any atom is 0.137 e. The van der Waals surface area contributed by atoms with Gasteiger partial charge >= 0.3 is 0 Å². The Morgan fingerprint density at radius 3 is 2.61 bits per heavy atom. The Morgan fingerprint density at radius 1 is 1.22 bits per heavy atom. The van der Waals surface area contributed by atoms with Crippen LogP contribution in [0, 0.1) is 0 Å². The molecule has 0 aromatic carbocycles. The number of aromatic nitrogens is 1. The molecule has 0 spiro atoms. The Hall–Kier alpha value is -1.13. The van der Waals surface area contributed by atoms with Gasteiger partial charge in [0.15, 0.2) is 0 Å². The Labute approximate surface area is 110 Å². The number of hydrogen-bond donors (Lipinski definition) is 1. The summed E-state index contributed by atoms with van der Waals surface area (Å²) in [6.45, 7) is 6.22. The lowest BCUT2D eigenvalue weighted by Crippen LogP contribution is -2.16. The monoisotopic (exact) mass is 252 g/mol. The molecule has 0 aliphatic heterocycles. The molecule has 0 saturated heterocycles. The summed E-state index contributed by atoms with van der Waals surface area (Å²) in [7, 11) is 1.95. The number of ether oxygens (including phenoxy) is 2.